The fourth-order valence-electron chi connectivity index (χ4n) is 3.26. The van der Waals surface area contributed by atoms with Gasteiger partial charge in [0.25, 0.3) is 11.5 Å². The summed E-state index contributed by atoms with van der Waals surface area (Å²) >= 11 is 3.33. The maximum absolute atomic E-state index is 14.3. The van der Waals surface area contributed by atoms with Crippen molar-refractivity contribution in [1.82, 2.24) is 14.7 Å². The topological polar surface area (TPSA) is 76.8 Å². The maximum atomic E-state index is 14.3. The highest BCUT2D eigenvalue weighted by Crippen LogP contribution is 2.26. The molecule has 9 heteroatoms. The Morgan fingerprint density at radius 2 is 1.90 bits per heavy atom. The Morgan fingerprint density at radius 1 is 1.13 bits per heavy atom. The van der Waals surface area contributed by atoms with Gasteiger partial charge in [0.15, 0.2) is 0 Å². The third kappa shape index (κ3) is 3.85. The smallest absolute Gasteiger partial charge is 0.286 e. The summed E-state index contributed by atoms with van der Waals surface area (Å²) in [5, 5.41) is 3.27. The van der Waals surface area contributed by atoms with Gasteiger partial charge in [-0.1, -0.05) is 18.2 Å². The molecule has 0 bridgehead atoms. The van der Waals surface area contributed by atoms with E-state index in [0.29, 0.717) is 21.2 Å². The molecular formula is C22H18BrFN4O3. The molecule has 0 atom stereocenters. The Morgan fingerprint density at radius 3 is 2.65 bits per heavy atom. The summed E-state index contributed by atoms with van der Waals surface area (Å²) in [6.45, 7) is 1.91. The maximum Gasteiger partial charge on any atom is 0.286 e. The molecule has 0 saturated heterocycles. The minimum Gasteiger partial charge on any atom is -0.355 e. The SMILES string of the molecule is CONC(=O)c1ccc(C)c(Nc2ccn3c(c2)c(Br)c(=O)n3-c2ccccc2F)c1. The standard InChI is InChI=1S/C22H18BrFN4O3/c1-13-7-8-14(21(29)26-31-2)11-17(13)25-15-9-10-27-19(12-15)20(23)22(30)28(27)18-6-4-3-5-16(18)24/h3-12,25H,1-2H3,(H,26,29). The zero-order valence-corrected chi connectivity index (χ0v) is 18.2. The van der Waals surface area contributed by atoms with Gasteiger partial charge in [-0.15, -0.1) is 0 Å². The van der Waals surface area contributed by atoms with E-state index in [1.165, 1.54) is 17.9 Å². The number of para-hydroxylation sites is 1. The van der Waals surface area contributed by atoms with Crippen LogP contribution in [-0.2, 0) is 4.84 Å². The van der Waals surface area contributed by atoms with Crippen LogP contribution in [0, 0.1) is 12.7 Å². The molecule has 4 rings (SSSR count). The number of carbonyl (C=O) groups excluding carboxylic acids is 1. The highest BCUT2D eigenvalue weighted by Gasteiger charge is 2.17. The lowest BCUT2D eigenvalue weighted by Gasteiger charge is -2.13. The van der Waals surface area contributed by atoms with Gasteiger partial charge in [0, 0.05) is 23.1 Å². The number of hydroxylamine groups is 1. The number of rotatable bonds is 5. The first-order valence-electron chi connectivity index (χ1n) is 9.29. The predicted octanol–water partition coefficient (Wildman–Crippen LogP) is 4.34. The molecule has 158 valence electrons. The van der Waals surface area contributed by atoms with Crippen molar-refractivity contribution in [2.24, 2.45) is 0 Å². The molecule has 0 spiro atoms. The number of nitrogens with zero attached hydrogens (tertiary/aromatic N) is 2. The summed E-state index contributed by atoms with van der Waals surface area (Å²) in [7, 11) is 1.37. The number of halogens is 2. The summed E-state index contributed by atoms with van der Waals surface area (Å²) in [5.74, 6) is -0.863. The number of hydrogen-bond acceptors (Lipinski definition) is 4. The van der Waals surface area contributed by atoms with Gasteiger partial charge in [0.1, 0.15) is 16.0 Å². The summed E-state index contributed by atoms with van der Waals surface area (Å²) in [5.41, 5.74) is 5.39. The van der Waals surface area contributed by atoms with Gasteiger partial charge in [0.2, 0.25) is 0 Å². The fraction of sp³-hybridized carbons (Fsp3) is 0.0909. The van der Waals surface area contributed by atoms with Crippen LogP contribution in [0.15, 0.2) is 70.1 Å². The van der Waals surface area contributed by atoms with E-state index in [-0.39, 0.29) is 17.2 Å². The Labute approximate surface area is 185 Å². The number of fused-ring (bicyclic) bond motifs is 1. The molecule has 0 unspecified atom stereocenters. The molecule has 2 N–H and O–H groups in total. The van der Waals surface area contributed by atoms with E-state index in [0.717, 1.165) is 11.3 Å². The molecule has 0 aliphatic heterocycles. The molecule has 2 heterocycles. The van der Waals surface area contributed by atoms with E-state index < -0.39 is 5.82 Å². The molecule has 1 amide bonds. The average Bonchev–Trinajstić information content (AvgIpc) is 3.00. The summed E-state index contributed by atoms with van der Waals surface area (Å²) in [6, 6.07) is 14.8. The number of carbonyl (C=O) groups is 1. The predicted molar refractivity (Wildman–Crippen MR) is 120 cm³/mol. The lowest BCUT2D eigenvalue weighted by atomic mass is 10.1. The second-order valence-corrected chi connectivity index (χ2v) is 7.61. The zero-order chi connectivity index (χ0) is 22.1. The number of hydrogen-bond donors (Lipinski definition) is 2. The highest BCUT2D eigenvalue weighted by atomic mass is 79.9. The second-order valence-electron chi connectivity index (χ2n) is 6.82. The lowest BCUT2D eigenvalue weighted by Crippen LogP contribution is -2.21. The number of benzene rings is 2. The number of amides is 1. The van der Waals surface area contributed by atoms with Gasteiger partial charge in [0.05, 0.1) is 12.6 Å². The van der Waals surface area contributed by atoms with Crippen molar-refractivity contribution in [1.29, 1.82) is 0 Å². The van der Waals surface area contributed by atoms with Crippen molar-refractivity contribution in [3.63, 3.8) is 0 Å². The monoisotopic (exact) mass is 484 g/mol. The molecule has 2 aromatic carbocycles. The summed E-state index contributed by atoms with van der Waals surface area (Å²) in [6.07, 6.45) is 1.67. The number of aromatic nitrogens is 2. The molecule has 31 heavy (non-hydrogen) atoms. The van der Waals surface area contributed by atoms with Crippen LogP contribution in [0.25, 0.3) is 11.2 Å². The second kappa shape index (κ2) is 8.37. The Kier molecular flexibility index (Phi) is 5.62. The van der Waals surface area contributed by atoms with Gasteiger partial charge in [-0.2, -0.15) is 0 Å². The summed E-state index contributed by atoms with van der Waals surface area (Å²) < 4.78 is 17.5. The van der Waals surface area contributed by atoms with Crippen molar-refractivity contribution in [3.05, 3.63) is 92.6 Å². The zero-order valence-electron chi connectivity index (χ0n) is 16.6. The van der Waals surface area contributed by atoms with E-state index in [2.05, 4.69) is 31.6 Å². The Balaban J connectivity index is 1.76. The van der Waals surface area contributed by atoms with E-state index in [1.54, 1.807) is 53.2 Å². The highest BCUT2D eigenvalue weighted by molar-refractivity contribution is 9.10. The Bertz CT molecular complexity index is 1360. The molecule has 0 aliphatic rings. The van der Waals surface area contributed by atoms with Crippen LogP contribution < -0.4 is 16.4 Å². The van der Waals surface area contributed by atoms with Crippen LogP contribution in [0.3, 0.4) is 0 Å². The number of anilines is 2. The number of aryl methyl sites for hydroxylation is 1. The number of pyridine rings is 1. The first kappa shape index (κ1) is 20.8. The molecule has 7 nitrogen and oxygen atoms in total. The number of nitrogens with one attached hydrogen (secondary N) is 2. The van der Waals surface area contributed by atoms with Gasteiger partial charge in [-0.3, -0.25) is 18.9 Å². The summed E-state index contributed by atoms with van der Waals surface area (Å²) in [4.78, 5) is 29.5. The van der Waals surface area contributed by atoms with Gasteiger partial charge in [-0.25, -0.2) is 14.6 Å². The first-order chi connectivity index (χ1) is 14.9. The van der Waals surface area contributed by atoms with E-state index in [9.17, 15) is 14.0 Å². The van der Waals surface area contributed by atoms with Crippen molar-refractivity contribution in [2.75, 3.05) is 12.4 Å². The third-order valence-electron chi connectivity index (χ3n) is 4.81. The molecule has 0 radical (unpaired) electrons. The largest absolute Gasteiger partial charge is 0.355 e. The minimum atomic E-state index is -0.500. The normalized spacial score (nSPS) is 11.0. The van der Waals surface area contributed by atoms with Gasteiger partial charge < -0.3 is 5.32 Å². The molecule has 4 aromatic rings. The van der Waals surface area contributed by atoms with E-state index in [4.69, 9.17) is 0 Å². The Hall–Kier alpha value is -3.43. The molecule has 2 aromatic heterocycles. The van der Waals surface area contributed by atoms with E-state index >= 15 is 0 Å². The average molecular weight is 485 g/mol. The van der Waals surface area contributed by atoms with Crippen LogP contribution in [0.5, 0.6) is 0 Å². The van der Waals surface area contributed by atoms with Crippen molar-refractivity contribution < 1.29 is 14.0 Å². The van der Waals surface area contributed by atoms with E-state index in [1.807, 2.05) is 13.0 Å². The molecule has 0 saturated carbocycles. The molecule has 0 aliphatic carbocycles. The first-order valence-corrected chi connectivity index (χ1v) is 10.1. The lowest BCUT2D eigenvalue weighted by molar-refractivity contribution is 0.0537. The van der Waals surface area contributed by atoms with Crippen LogP contribution in [0.1, 0.15) is 15.9 Å². The minimum absolute atomic E-state index is 0.154. The van der Waals surface area contributed by atoms with Gasteiger partial charge >= 0.3 is 0 Å². The van der Waals surface area contributed by atoms with Gasteiger partial charge in [-0.05, 0) is 64.8 Å². The van der Waals surface area contributed by atoms with Crippen LogP contribution in [0.4, 0.5) is 15.8 Å². The van der Waals surface area contributed by atoms with Crippen molar-refractivity contribution >= 4 is 38.7 Å². The quantitative estimate of drug-likeness (QED) is 0.413. The molecule has 0 fully saturated rings. The van der Waals surface area contributed by atoms with Crippen LogP contribution >= 0.6 is 15.9 Å². The van der Waals surface area contributed by atoms with Crippen molar-refractivity contribution in [3.8, 4) is 5.69 Å². The van der Waals surface area contributed by atoms with Crippen molar-refractivity contribution in [2.45, 2.75) is 6.92 Å². The van der Waals surface area contributed by atoms with Crippen LogP contribution in [-0.4, -0.2) is 22.2 Å². The molecular weight excluding hydrogens is 467 g/mol. The van der Waals surface area contributed by atoms with Crippen LogP contribution in [0.2, 0.25) is 0 Å². The fourth-order valence-corrected chi connectivity index (χ4v) is 3.73. The third-order valence-corrected chi connectivity index (χ3v) is 5.55.